The number of fused-ring (bicyclic) bond motifs is 1. The number of nitrogens with zero attached hydrogens (tertiary/aromatic N) is 2. The van der Waals surface area contributed by atoms with Crippen LogP contribution >= 0.6 is 11.6 Å². The highest BCUT2D eigenvalue weighted by atomic mass is 35.5. The number of benzene rings is 2. The molecule has 1 aromatic heterocycles. The Morgan fingerprint density at radius 3 is 2.79 bits per heavy atom. The van der Waals surface area contributed by atoms with Crippen molar-refractivity contribution in [3.63, 3.8) is 0 Å². The van der Waals surface area contributed by atoms with E-state index < -0.39 is 0 Å². The van der Waals surface area contributed by atoms with Crippen LogP contribution in [0, 0.1) is 0 Å². The molecule has 0 spiro atoms. The number of aromatic nitrogens is 2. The van der Waals surface area contributed by atoms with Gasteiger partial charge >= 0.3 is 0 Å². The number of anilines is 1. The third-order valence-corrected chi connectivity index (χ3v) is 4.07. The Morgan fingerprint density at radius 2 is 2.00 bits per heavy atom. The highest BCUT2D eigenvalue weighted by Gasteiger charge is 2.09. The zero-order valence-corrected chi connectivity index (χ0v) is 13.9. The quantitative estimate of drug-likeness (QED) is 0.715. The Morgan fingerprint density at radius 1 is 1.21 bits per heavy atom. The second kappa shape index (κ2) is 6.84. The van der Waals surface area contributed by atoms with Gasteiger partial charge < -0.3 is 5.32 Å². The van der Waals surface area contributed by atoms with Crippen LogP contribution in [0.25, 0.3) is 10.9 Å². The summed E-state index contributed by atoms with van der Waals surface area (Å²) < 4.78 is 1.76. The summed E-state index contributed by atoms with van der Waals surface area (Å²) >= 11 is 6.12. The average Bonchev–Trinajstić information content (AvgIpc) is 2.98. The van der Waals surface area contributed by atoms with Gasteiger partial charge in [-0.05, 0) is 31.2 Å². The molecule has 0 aliphatic heterocycles. The van der Waals surface area contributed by atoms with Crippen LogP contribution < -0.4 is 5.32 Å². The lowest BCUT2D eigenvalue weighted by Crippen LogP contribution is -2.15. The minimum Gasteiger partial charge on any atom is -0.326 e. The first-order valence-corrected chi connectivity index (χ1v) is 7.93. The molecule has 0 fully saturated rings. The topological polar surface area (TPSA) is 64.0 Å². The molecule has 0 saturated heterocycles. The van der Waals surface area contributed by atoms with E-state index in [1.807, 2.05) is 18.2 Å². The maximum absolute atomic E-state index is 12.1. The second-order valence-electron chi connectivity index (χ2n) is 5.48. The maximum atomic E-state index is 12.1. The van der Waals surface area contributed by atoms with E-state index in [-0.39, 0.29) is 18.1 Å². The number of Topliss-reactive ketones (excluding diaryl/α,β-unsaturated/α-hetero) is 1. The number of carbonyl (C=O) groups is 2. The van der Waals surface area contributed by atoms with Crippen LogP contribution in [-0.4, -0.2) is 21.5 Å². The molecule has 2 aromatic carbocycles. The van der Waals surface area contributed by atoms with Gasteiger partial charge in [0.05, 0.1) is 23.3 Å². The van der Waals surface area contributed by atoms with E-state index in [9.17, 15) is 9.59 Å². The van der Waals surface area contributed by atoms with E-state index in [0.29, 0.717) is 22.8 Å². The number of hydrogen-bond donors (Lipinski definition) is 1. The predicted molar refractivity (Wildman–Crippen MR) is 94.4 cm³/mol. The predicted octanol–water partition coefficient (Wildman–Crippen LogP) is 3.92. The van der Waals surface area contributed by atoms with Crippen LogP contribution in [0.4, 0.5) is 5.69 Å². The Hall–Kier alpha value is -2.66. The summed E-state index contributed by atoms with van der Waals surface area (Å²) in [6.07, 6.45) is 1.97. The first-order chi connectivity index (χ1) is 11.5. The Kier molecular flexibility index (Phi) is 4.62. The van der Waals surface area contributed by atoms with Crippen molar-refractivity contribution in [2.75, 3.05) is 5.32 Å². The van der Waals surface area contributed by atoms with Gasteiger partial charge in [-0.25, -0.2) is 0 Å². The van der Waals surface area contributed by atoms with Crippen molar-refractivity contribution in [3.05, 3.63) is 59.2 Å². The Bertz CT molecular complexity index is 918. The molecule has 3 rings (SSSR count). The lowest BCUT2D eigenvalue weighted by molar-refractivity contribution is -0.116. The van der Waals surface area contributed by atoms with E-state index in [2.05, 4.69) is 10.4 Å². The fraction of sp³-hybridized carbons (Fsp3) is 0.167. The highest BCUT2D eigenvalue weighted by Crippen LogP contribution is 2.22. The van der Waals surface area contributed by atoms with Crippen molar-refractivity contribution in [1.29, 1.82) is 0 Å². The van der Waals surface area contributed by atoms with Crippen LogP contribution in [0.1, 0.15) is 23.7 Å². The molecule has 0 radical (unpaired) electrons. The van der Waals surface area contributed by atoms with Crippen LogP contribution in [0.15, 0.2) is 48.7 Å². The van der Waals surface area contributed by atoms with Crippen molar-refractivity contribution < 1.29 is 9.59 Å². The third kappa shape index (κ3) is 3.46. The first kappa shape index (κ1) is 16.2. The molecule has 0 aliphatic rings. The van der Waals surface area contributed by atoms with Gasteiger partial charge in [0.25, 0.3) is 0 Å². The van der Waals surface area contributed by atoms with Crippen molar-refractivity contribution in [2.24, 2.45) is 0 Å². The van der Waals surface area contributed by atoms with Crippen molar-refractivity contribution in [3.8, 4) is 0 Å². The number of rotatable bonds is 5. The third-order valence-electron chi connectivity index (χ3n) is 3.74. The molecule has 24 heavy (non-hydrogen) atoms. The second-order valence-corrected chi connectivity index (χ2v) is 5.88. The zero-order valence-electron chi connectivity index (χ0n) is 13.1. The van der Waals surface area contributed by atoms with Crippen molar-refractivity contribution >= 4 is 39.9 Å². The van der Waals surface area contributed by atoms with Gasteiger partial charge in [0, 0.05) is 23.1 Å². The Labute approximate surface area is 144 Å². The fourth-order valence-electron chi connectivity index (χ4n) is 2.49. The van der Waals surface area contributed by atoms with Crippen LogP contribution in [0.3, 0.4) is 0 Å². The van der Waals surface area contributed by atoms with Gasteiger partial charge in [0.1, 0.15) is 0 Å². The molecular formula is C18H16ClN3O2. The summed E-state index contributed by atoms with van der Waals surface area (Å²) in [7, 11) is 0. The zero-order chi connectivity index (χ0) is 17.1. The lowest BCUT2D eigenvalue weighted by Gasteiger charge is -2.07. The molecule has 0 unspecified atom stereocenters. The van der Waals surface area contributed by atoms with Crippen LogP contribution in [0.5, 0.6) is 0 Å². The van der Waals surface area contributed by atoms with Gasteiger partial charge in [-0.15, -0.1) is 0 Å². The maximum Gasteiger partial charge on any atom is 0.226 e. The summed E-state index contributed by atoms with van der Waals surface area (Å²) in [5.41, 5.74) is 2.08. The molecule has 0 atom stereocenters. The lowest BCUT2D eigenvalue weighted by atomic mass is 10.1. The monoisotopic (exact) mass is 341 g/mol. The first-order valence-electron chi connectivity index (χ1n) is 7.55. The largest absolute Gasteiger partial charge is 0.326 e. The van der Waals surface area contributed by atoms with E-state index in [1.54, 1.807) is 35.1 Å². The van der Waals surface area contributed by atoms with Crippen LogP contribution in [0.2, 0.25) is 5.02 Å². The van der Waals surface area contributed by atoms with Gasteiger partial charge in [-0.3, -0.25) is 14.3 Å². The van der Waals surface area contributed by atoms with Gasteiger partial charge in [-0.2, -0.15) is 5.10 Å². The number of aryl methyl sites for hydroxylation is 1. The minimum absolute atomic E-state index is 0.0361. The molecule has 0 aliphatic carbocycles. The standard InChI is InChI=1S/C18H16ClN3O2/c1-12(23)13-4-2-5-14(10-13)21-18(24)8-9-22-17-7-3-6-16(19)15(17)11-20-22/h2-7,10-11H,8-9H2,1H3,(H,21,24). The smallest absolute Gasteiger partial charge is 0.226 e. The molecule has 1 amide bonds. The van der Waals surface area contributed by atoms with Crippen LogP contribution in [-0.2, 0) is 11.3 Å². The number of carbonyl (C=O) groups excluding carboxylic acids is 2. The van der Waals surface area contributed by atoms with Crippen molar-refractivity contribution in [1.82, 2.24) is 9.78 Å². The molecular weight excluding hydrogens is 326 g/mol. The minimum atomic E-state index is -0.138. The highest BCUT2D eigenvalue weighted by molar-refractivity contribution is 6.35. The summed E-state index contributed by atoms with van der Waals surface area (Å²) in [6.45, 7) is 1.94. The van der Waals surface area contributed by atoms with E-state index in [1.165, 1.54) is 6.92 Å². The van der Waals surface area contributed by atoms with E-state index in [0.717, 1.165) is 10.9 Å². The number of ketones is 1. The molecule has 6 heteroatoms. The van der Waals surface area contributed by atoms with Gasteiger partial charge in [-0.1, -0.05) is 29.8 Å². The van der Waals surface area contributed by atoms with E-state index >= 15 is 0 Å². The molecule has 122 valence electrons. The molecule has 0 saturated carbocycles. The van der Waals surface area contributed by atoms with Gasteiger partial charge in [0.15, 0.2) is 5.78 Å². The number of nitrogens with one attached hydrogen (secondary N) is 1. The normalized spacial score (nSPS) is 10.8. The summed E-state index contributed by atoms with van der Waals surface area (Å²) in [5, 5.41) is 8.59. The molecule has 5 nitrogen and oxygen atoms in total. The summed E-state index contributed by atoms with van der Waals surface area (Å²) in [4.78, 5) is 23.5. The van der Waals surface area contributed by atoms with Gasteiger partial charge in [0.2, 0.25) is 5.91 Å². The van der Waals surface area contributed by atoms with E-state index in [4.69, 9.17) is 11.6 Å². The average molecular weight is 342 g/mol. The molecule has 1 N–H and O–H groups in total. The number of halogens is 1. The fourth-order valence-corrected chi connectivity index (χ4v) is 2.71. The van der Waals surface area contributed by atoms with Crippen molar-refractivity contribution in [2.45, 2.75) is 19.9 Å². The Balaban J connectivity index is 1.66. The number of amides is 1. The summed E-state index contributed by atoms with van der Waals surface area (Å²) in [6, 6.07) is 12.5. The molecule has 0 bridgehead atoms. The summed E-state index contributed by atoms with van der Waals surface area (Å²) in [5.74, 6) is -0.174. The SMILES string of the molecule is CC(=O)c1cccc(NC(=O)CCn2ncc3c(Cl)cccc32)c1. The molecule has 3 aromatic rings. The number of hydrogen-bond acceptors (Lipinski definition) is 3. The molecule has 1 heterocycles.